The summed E-state index contributed by atoms with van der Waals surface area (Å²) in [5.74, 6) is 5.44. The lowest BCUT2D eigenvalue weighted by atomic mass is 10.3. The number of hydrogen-bond acceptors (Lipinski definition) is 4. The van der Waals surface area contributed by atoms with Crippen molar-refractivity contribution in [2.75, 3.05) is 6.61 Å². The number of thiophene rings is 2. The number of hydrogen-bond donors (Lipinski definition) is 2. The Labute approximate surface area is 108 Å². The molecule has 0 bridgehead atoms. The van der Waals surface area contributed by atoms with Crippen molar-refractivity contribution in [2.45, 2.75) is 13.0 Å². The van der Waals surface area contributed by atoms with Gasteiger partial charge in [0.25, 0.3) is 0 Å². The second-order valence-corrected chi connectivity index (χ2v) is 5.91. The molecule has 0 amide bonds. The van der Waals surface area contributed by atoms with E-state index in [0.29, 0.717) is 0 Å². The molecule has 0 aromatic carbocycles. The highest BCUT2D eigenvalue weighted by atomic mass is 32.1. The molecule has 1 atom stereocenters. The molecule has 2 rings (SSSR count). The minimum Gasteiger partial charge on any atom is -0.393 e. The Morgan fingerprint density at radius 1 is 1.18 bits per heavy atom. The lowest BCUT2D eigenvalue weighted by molar-refractivity contribution is 0.138. The Morgan fingerprint density at radius 3 is 2.53 bits per heavy atom. The predicted molar refractivity (Wildman–Crippen MR) is 72.3 cm³/mol. The summed E-state index contributed by atoms with van der Waals surface area (Å²) in [6.45, 7) is 1.76. The van der Waals surface area contributed by atoms with Crippen LogP contribution in [0.25, 0.3) is 9.75 Å². The summed E-state index contributed by atoms with van der Waals surface area (Å²) in [6.07, 6.45) is -0.954. The van der Waals surface area contributed by atoms with Crippen molar-refractivity contribution in [3.05, 3.63) is 34.0 Å². The Kier molecular flexibility index (Phi) is 3.97. The molecule has 0 spiro atoms. The number of aliphatic hydroxyl groups is 2. The van der Waals surface area contributed by atoms with Crippen molar-refractivity contribution in [1.29, 1.82) is 0 Å². The van der Waals surface area contributed by atoms with Crippen LogP contribution in [0.2, 0.25) is 0 Å². The van der Waals surface area contributed by atoms with Crippen LogP contribution in [0.15, 0.2) is 24.3 Å². The second-order valence-electron chi connectivity index (χ2n) is 3.54. The van der Waals surface area contributed by atoms with Crippen LogP contribution in [-0.2, 0) is 0 Å². The average molecular weight is 264 g/mol. The minimum atomic E-state index is -0.954. The summed E-state index contributed by atoms with van der Waals surface area (Å²) >= 11 is 3.35. The van der Waals surface area contributed by atoms with E-state index in [1.807, 2.05) is 12.1 Å². The summed E-state index contributed by atoms with van der Waals surface area (Å²) in [6, 6.07) is 8.17. The van der Waals surface area contributed by atoms with Gasteiger partial charge < -0.3 is 10.2 Å². The van der Waals surface area contributed by atoms with Gasteiger partial charge in [0.2, 0.25) is 0 Å². The van der Waals surface area contributed by atoms with Crippen molar-refractivity contribution in [3.63, 3.8) is 0 Å². The summed E-state index contributed by atoms with van der Waals surface area (Å²) in [4.78, 5) is 4.62. The van der Waals surface area contributed by atoms with Crippen LogP contribution in [0.5, 0.6) is 0 Å². The van der Waals surface area contributed by atoms with Gasteiger partial charge in [-0.3, -0.25) is 0 Å². The SMILES string of the molecule is Cc1ccc(-c2ccc(C#CC(O)CO)s2)s1. The first-order chi connectivity index (χ1) is 8.19. The Bertz CT molecular complexity index is 557. The standard InChI is InChI=1S/C13H12O2S2/c1-9-2-6-12(16-9)13-7-5-11(17-13)4-3-10(15)8-14/h2,5-7,10,14-15H,8H2,1H3. The fraction of sp³-hybridized carbons (Fsp3) is 0.231. The lowest BCUT2D eigenvalue weighted by Gasteiger charge is -1.92. The van der Waals surface area contributed by atoms with Crippen molar-refractivity contribution < 1.29 is 10.2 Å². The molecule has 0 radical (unpaired) electrons. The molecule has 0 fully saturated rings. The average Bonchev–Trinajstić information content (AvgIpc) is 2.94. The monoisotopic (exact) mass is 264 g/mol. The van der Waals surface area contributed by atoms with E-state index in [4.69, 9.17) is 10.2 Å². The third kappa shape index (κ3) is 3.18. The van der Waals surface area contributed by atoms with Crippen LogP contribution in [0.3, 0.4) is 0 Å². The largest absolute Gasteiger partial charge is 0.393 e. The highest BCUT2D eigenvalue weighted by Crippen LogP contribution is 2.32. The molecule has 2 aromatic rings. The third-order valence-corrected chi connectivity index (χ3v) is 4.32. The number of rotatable bonds is 2. The van der Waals surface area contributed by atoms with Gasteiger partial charge in [0.05, 0.1) is 11.5 Å². The van der Waals surface area contributed by atoms with E-state index in [1.54, 1.807) is 22.7 Å². The van der Waals surface area contributed by atoms with E-state index in [1.165, 1.54) is 14.6 Å². The van der Waals surface area contributed by atoms with Gasteiger partial charge >= 0.3 is 0 Å². The van der Waals surface area contributed by atoms with Crippen molar-refractivity contribution in [1.82, 2.24) is 0 Å². The zero-order chi connectivity index (χ0) is 12.3. The maximum Gasteiger partial charge on any atom is 0.138 e. The Hall–Kier alpha value is -1.12. The lowest BCUT2D eigenvalue weighted by Crippen LogP contribution is -2.07. The Morgan fingerprint density at radius 2 is 1.88 bits per heavy atom. The van der Waals surface area contributed by atoms with Gasteiger partial charge in [-0.1, -0.05) is 11.8 Å². The molecule has 2 aromatic heterocycles. The Balaban J connectivity index is 2.18. The summed E-state index contributed by atoms with van der Waals surface area (Å²) in [5.41, 5.74) is 0. The highest BCUT2D eigenvalue weighted by molar-refractivity contribution is 7.22. The first kappa shape index (κ1) is 12.3. The minimum absolute atomic E-state index is 0.324. The van der Waals surface area contributed by atoms with Crippen molar-refractivity contribution >= 4 is 22.7 Å². The van der Waals surface area contributed by atoms with Crippen LogP contribution >= 0.6 is 22.7 Å². The third-order valence-electron chi connectivity index (χ3n) is 2.12. The van der Waals surface area contributed by atoms with E-state index in [-0.39, 0.29) is 6.61 Å². The zero-order valence-electron chi connectivity index (χ0n) is 9.30. The number of aryl methyl sites for hydroxylation is 1. The molecule has 2 nitrogen and oxygen atoms in total. The normalized spacial score (nSPS) is 11.9. The topological polar surface area (TPSA) is 40.5 Å². The van der Waals surface area contributed by atoms with Crippen LogP contribution < -0.4 is 0 Å². The quantitative estimate of drug-likeness (QED) is 0.818. The second kappa shape index (κ2) is 5.48. The van der Waals surface area contributed by atoms with Gasteiger partial charge in [-0.2, -0.15) is 0 Å². The summed E-state index contributed by atoms with van der Waals surface area (Å²) < 4.78 is 0. The summed E-state index contributed by atoms with van der Waals surface area (Å²) in [5, 5.41) is 17.8. The molecule has 2 N–H and O–H groups in total. The van der Waals surface area contributed by atoms with Gasteiger partial charge in [-0.25, -0.2) is 0 Å². The molecule has 4 heteroatoms. The van der Waals surface area contributed by atoms with Crippen molar-refractivity contribution in [3.8, 4) is 21.6 Å². The van der Waals surface area contributed by atoms with E-state index >= 15 is 0 Å². The van der Waals surface area contributed by atoms with E-state index in [2.05, 4.69) is 30.9 Å². The number of aliphatic hydroxyl groups excluding tert-OH is 2. The molecule has 2 heterocycles. The van der Waals surface area contributed by atoms with E-state index in [0.717, 1.165) is 4.88 Å². The molecule has 88 valence electrons. The fourth-order valence-corrected chi connectivity index (χ4v) is 3.13. The van der Waals surface area contributed by atoms with E-state index < -0.39 is 6.10 Å². The zero-order valence-corrected chi connectivity index (χ0v) is 10.9. The van der Waals surface area contributed by atoms with Gasteiger partial charge in [0.15, 0.2) is 0 Å². The highest BCUT2D eigenvalue weighted by Gasteiger charge is 2.03. The molecule has 0 saturated carbocycles. The van der Waals surface area contributed by atoms with E-state index in [9.17, 15) is 0 Å². The molecule has 1 unspecified atom stereocenters. The molecule has 0 saturated heterocycles. The van der Waals surface area contributed by atoms with Gasteiger partial charge in [0.1, 0.15) is 6.10 Å². The fourth-order valence-electron chi connectivity index (χ4n) is 1.30. The maximum atomic E-state index is 9.13. The molecule has 0 aliphatic carbocycles. The summed E-state index contributed by atoms with van der Waals surface area (Å²) in [7, 11) is 0. The van der Waals surface area contributed by atoms with Crippen LogP contribution in [0, 0.1) is 18.8 Å². The van der Waals surface area contributed by atoms with Crippen molar-refractivity contribution in [2.24, 2.45) is 0 Å². The predicted octanol–water partition coefficient (Wildman–Crippen LogP) is 2.49. The molecule has 17 heavy (non-hydrogen) atoms. The van der Waals surface area contributed by atoms with Crippen LogP contribution in [0.4, 0.5) is 0 Å². The molecule has 0 aliphatic heterocycles. The smallest absolute Gasteiger partial charge is 0.138 e. The maximum absolute atomic E-state index is 9.13. The first-order valence-corrected chi connectivity index (χ1v) is 6.79. The first-order valence-electron chi connectivity index (χ1n) is 5.16. The van der Waals surface area contributed by atoms with Gasteiger partial charge in [-0.05, 0) is 31.2 Å². The van der Waals surface area contributed by atoms with Crippen LogP contribution in [0.1, 0.15) is 9.75 Å². The van der Waals surface area contributed by atoms with Crippen LogP contribution in [-0.4, -0.2) is 22.9 Å². The molecular weight excluding hydrogens is 252 g/mol. The molecular formula is C13H12O2S2. The molecule has 0 aliphatic rings. The van der Waals surface area contributed by atoms with Gasteiger partial charge in [-0.15, -0.1) is 22.7 Å². The van der Waals surface area contributed by atoms with Gasteiger partial charge in [0, 0.05) is 14.6 Å².